The molecule has 0 bridgehead atoms. The number of H-pyrrole nitrogens is 1. The van der Waals surface area contributed by atoms with Gasteiger partial charge in [-0.3, -0.25) is 5.10 Å². The van der Waals surface area contributed by atoms with Crippen LogP contribution >= 0.6 is 34.2 Å². The molecule has 12 heavy (non-hydrogen) atoms. The molecule has 2 aromatic rings. The van der Waals surface area contributed by atoms with Crippen molar-refractivity contribution in [2.24, 2.45) is 0 Å². The smallest absolute Gasteiger partial charge is 0.226 e. The topological polar surface area (TPSA) is 80.5 Å². The number of hydrogen-bond acceptors (Lipinski definition) is 4. The number of nitrogens with zero attached hydrogens (tertiary/aromatic N) is 3. The summed E-state index contributed by atoms with van der Waals surface area (Å²) >= 11 is 7.63. The van der Waals surface area contributed by atoms with E-state index >= 15 is 0 Å². The van der Waals surface area contributed by atoms with Crippen molar-refractivity contribution in [2.45, 2.75) is 0 Å². The Kier molecular flexibility index (Phi) is 1.80. The van der Waals surface area contributed by atoms with E-state index < -0.39 is 0 Å². The van der Waals surface area contributed by atoms with Crippen LogP contribution in [0.4, 0.5) is 5.82 Å². The number of hydrogen-bond donors (Lipinski definition) is 2. The summed E-state index contributed by atoms with van der Waals surface area (Å²) in [6.07, 6.45) is 0. The molecule has 2 aromatic heterocycles. The normalized spacial score (nSPS) is 10.8. The molecule has 2 heterocycles. The van der Waals surface area contributed by atoms with Gasteiger partial charge in [-0.2, -0.15) is 10.1 Å². The molecule has 2 rings (SSSR count). The minimum Gasteiger partial charge on any atom is -0.383 e. The number of halogens is 2. The SMILES string of the molecule is Nc1nc(Cl)nc2[nH]nc(I)c12. The first-order chi connectivity index (χ1) is 5.68. The van der Waals surface area contributed by atoms with Crippen LogP contribution in [-0.2, 0) is 0 Å². The van der Waals surface area contributed by atoms with Gasteiger partial charge >= 0.3 is 0 Å². The van der Waals surface area contributed by atoms with Gasteiger partial charge < -0.3 is 5.73 Å². The second kappa shape index (κ2) is 2.70. The standard InChI is InChI=1S/C5H3ClIN5/c6-5-9-3(8)1-2(7)11-12-4(1)10-5/h(H3,8,9,10,11,12). The molecule has 0 saturated carbocycles. The number of aromatic amines is 1. The molecule has 0 aliphatic rings. The van der Waals surface area contributed by atoms with Crippen molar-refractivity contribution in [3.63, 3.8) is 0 Å². The number of nitrogens with one attached hydrogen (secondary N) is 1. The predicted octanol–water partition coefficient (Wildman–Crippen LogP) is 1.19. The van der Waals surface area contributed by atoms with Crippen LogP contribution in [0.15, 0.2) is 0 Å². The molecule has 0 spiro atoms. The van der Waals surface area contributed by atoms with E-state index in [4.69, 9.17) is 17.3 Å². The summed E-state index contributed by atoms with van der Waals surface area (Å²) in [7, 11) is 0. The van der Waals surface area contributed by atoms with Crippen LogP contribution < -0.4 is 5.73 Å². The van der Waals surface area contributed by atoms with Gasteiger partial charge in [-0.05, 0) is 34.2 Å². The summed E-state index contributed by atoms with van der Waals surface area (Å²) in [4.78, 5) is 7.71. The van der Waals surface area contributed by atoms with Crippen molar-refractivity contribution in [1.82, 2.24) is 20.2 Å². The summed E-state index contributed by atoms with van der Waals surface area (Å²) in [5.74, 6) is 0.350. The molecule has 0 saturated heterocycles. The van der Waals surface area contributed by atoms with Gasteiger partial charge in [-0.25, -0.2) is 4.98 Å². The van der Waals surface area contributed by atoms with Gasteiger partial charge in [0.05, 0.1) is 5.39 Å². The third kappa shape index (κ3) is 1.11. The summed E-state index contributed by atoms with van der Waals surface area (Å²) in [6.45, 7) is 0. The Hall–Kier alpha value is -0.630. The zero-order valence-electron chi connectivity index (χ0n) is 5.67. The summed E-state index contributed by atoms with van der Waals surface area (Å²) < 4.78 is 0.747. The number of anilines is 1. The monoisotopic (exact) mass is 295 g/mol. The van der Waals surface area contributed by atoms with E-state index in [9.17, 15) is 0 Å². The van der Waals surface area contributed by atoms with Crippen LogP contribution in [0, 0.1) is 3.70 Å². The lowest BCUT2D eigenvalue weighted by atomic mass is 10.4. The Labute approximate surface area is 85.9 Å². The lowest BCUT2D eigenvalue weighted by Crippen LogP contribution is -1.94. The lowest BCUT2D eigenvalue weighted by molar-refractivity contribution is 1.07. The fourth-order valence-electron chi connectivity index (χ4n) is 0.892. The van der Waals surface area contributed by atoms with E-state index in [2.05, 4.69) is 20.2 Å². The zero-order chi connectivity index (χ0) is 8.72. The van der Waals surface area contributed by atoms with Crippen molar-refractivity contribution in [2.75, 3.05) is 5.73 Å². The maximum atomic E-state index is 5.60. The number of fused-ring (bicyclic) bond motifs is 1. The Morgan fingerprint density at radius 1 is 1.42 bits per heavy atom. The van der Waals surface area contributed by atoms with E-state index in [1.165, 1.54) is 0 Å². The minimum absolute atomic E-state index is 0.125. The molecule has 0 fully saturated rings. The molecule has 62 valence electrons. The second-order valence-electron chi connectivity index (χ2n) is 2.12. The predicted molar refractivity (Wildman–Crippen MR) is 53.8 cm³/mol. The Morgan fingerprint density at radius 2 is 2.17 bits per heavy atom. The fraction of sp³-hybridized carbons (Fsp3) is 0. The number of aromatic nitrogens is 4. The molecule has 7 heteroatoms. The van der Waals surface area contributed by atoms with Crippen LogP contribution in [0.3, 0.4) is 0 Å². The molecule has 0 aliphatic carbocycles. The highest BCUT2D eigenvalue weighted by Gasteiger charge is 2.09. The van der Waals surface area contributed by atoms with Crippen LogP contribution in [0.5, 0.6) is 0 Å². The highest BCUT2D eigenvalue weighted by molar-refractivity contribution is 14.1. The van der Waals surface area contributed by atoms with E-state index in [1.807, 2.05) is 22.6 Å². The Balaban J connectivity index is 2.93. The largest absolute Gasteiger partial charge is 0.383 e. The average molecular weight is 295 g/mol. The molecular weight excluding hydrogens is 292 g/mol. The van der Waals surface area contributed by atoms with Gasteiger partial charge in [-0.15, -0.1) is 0 Å². The van der Waals surface area contributed by atoms with Crippen molar-refractivity contribution < 1.29 is 0 Å². The number of rotatable bonds is 0. The summed E-state index contributed by atoms with van der Waals surface area (Å²) in [5, 5.41) is 7.46. The molecule has 0 amide bonds. The third-order valence-corrected chi connectivity index (χ3v) is 2.33. The third-order valence-electron chi connectivity index (χ3n) is 1.38. The number of nitrogen functional groups attached to an aromatic ring is 1. The van der Waals surface area contributed by atoms with Crippen molar-refractivity contribution >= 4 is 51.0 Å². The molecule has 0 radical (unpaired) electrons. The lowest BCUT2D eigenvalue weighted by Gasteiger charge is -1.94. The van der Waals surface area contributed by atoms with Crippen molar-refractivity contribution in [1.29, 1.82) is 0 Å². The molecule has 0 atom stereocenters. The van der Waals surface area contributed by atoms with Gasteiger partial charge in [0.1, 0.15) is 9.52 Å². The van der Waals surface area contributed by atoms with Crippen LogP contribution in [0.1, 0.15) is 0 Å². The number of nitrogens with two attached hydrogens (primary N) is 1. The molecular formula is C5H3ClIN5. The molecule has 0 aromatic carbocycles. The van der Waals surface area contributed by atoms with Crippen LogP contribution in [0.2, 0.25) is 5.28 Å². The van der Waals surface area contributed by atoms with Crippen molar-refractivity contribution in [3.8, 4) is 0 Å². The van der Waals surface area contributed by atoms with Gasteiger partial charge in [-0.1, -0.05) is 0 Å². The van der Waals surface area contributed by atoms with E-state index in [0.29, 0.717) is 11.5 Å². The highest BCUT2D eigenvalue weighted by atomic mass is 127. The molecule has 5 nitrogen and oxygen atoms in total. The van der Waals surface area contributed by atoms with E-state index in [0.717, 1.165) is 9.09 Å². The Morgan fingerprint density at radius 3 is 2.92 bits per heavy atom. The Bertz CT molecular complexity index is 439. The van der Waals surface area contributed by atoms with Gasteiger partial charge in [0, 0.05) is 0 Å². The fourth-order valence-corrected chi connectivity index (χ4v) is 1.72. The zero-order valence-corrected chi connectivity index (χ0v) is 8.59. The second-order valence-corrected chi connectivity index (χ2v) is 3.48. The first kappa shape index (κ1) is 7.99. The summed E-state index contributed by atoms with van der Waals surface area (Å²) in [5.41, 5.74) is 6.17. The first-order valence-electron chi connectivity index (χ1n) is 3.01. The molecule has 0 aliphatic heterocycles. The van der Waals surface area contributed by atoms with Crippen molar-refractivity contribution in [3.05, 3.63) is 8.98 Å². The molecule has 0 unspecified atom stereocenters. The van der Waals surface area contributed by atoms with E-state index in [-0.39, 0.29) is 5.28 Å². The maximum Gasteiger partial charge on any atom is 0.226 e. The summed E-state index contributed by atoms with van der Waals surface area (Å²) in [6, 6.07) is 0. The first-order valence-corrected chi connectivity index (χ1v) is 4.46. The molecule has 3 N–H and O–H groups in total. The quantitative estimate of drug-likeness (QED) is 0.565. The highest BCUT2D eigenvalue weighted by Crippen LogP contribution is 2.21. The maximum absolute atomic E-state index is 5.60. The van der Waals surface area contributed by atoms with E-state index in [1.54, 1.807) is 0 Å². The minimum atomic E-state index is 0.125. The van der Waals surface area contributed by atoms with Crippen LogP contribution in [-0.4, -0.2) is 20.2 Å². The average Bonchev–Trinajstić information content (AvgIpc) is 2.31. The van der Waals surface area contributed by atoms with Gasteiger partial charge in [0.2, 0.25) is 5.28 Å². The van der Waals surface area contributed by atoms with Gasteiger partial charge in [0.15, 0.2) is 5.65 Å². The van der Waals surface area contributed by atoms with Gasteiger partial charge in [0.25, 0.3) is 0 Å². The van der Waals surface area contributed by atoms with Crippen LogP contribution in [0.25, 0.3) is 11.0 Å².